The maximum atomic E-state index is 12.2. The minimum Gasteiger partial charge on any atom is -0.321 e. The molecule has 0 unspecified atom stereocenters. The average molecular weight is 412 g/mol. The molecule has 2 N–H and O–H groups in total. The molecule has 3 aromatic heterocycles. The Balaban J connectivity index is 1.48. The Morgan fingerprint density at radius 3 is 2.19 bits per heavy atom. The Morgan fingerprint density at radius 2 is 1.52 bits per heavy atom. The van der Waals surface area contributed by atoms with Gasteiger partial charge in [0.2, 0.25) is 0 Å². The molecule has 4 rings (SSSR count). The zero-order chi connectivity index (χ0) is 18.6. The van der Waals surface area contributed by atoms with Gasteiger partial charge < -0.3 is 5.32 Å². The lowest BCUT2D eigenvalue weighted by atomic mass is 10.1. The standard InChI is InChI=1S/C19H13N3O2S3/c23-17(15-6-2-8-25-15)20-13-5-1-4-12(10-13)14-11-27-19(21-14)22-18(24)16-7-3-9-26-16/h1-11H,(H,20,23)(H,21,22,24). The van der Waals surface area contributed by atoms with Crippen LogP contribution in [0.25, 0.3) is 11.3 Å². The first kappa shape index (κ1) is 17.6. The van der Waals surface area contributed by atoms with Gasteiger partial charge in [-0.05, 0) is 35.0 Å². The van der Waals surface area contributed by atoms with E-state index in [4.69, 9.17) is 0 Å². The highest BCUT2D eigenvalue weighted by atomic mass is 32.1. The molecule has 0 aliphatic rings. The Morgan fingerprint density at radius 1 is 0.815 bits per heavy atom. The molecule has 0 atom stereocenters. The Bertz CT molecular complexity index is 1070. The van der Waals surface area contributed by atoms with E-state index in [2.05, 4.69) is 15.6 Å². The Kier molecular flexibility index (Phi) is 5.10. The number of thiophene rings is 2. The first-order valence-electron chi connectivity index (χ1n) is 7.95. The molecule has 5 nitrogen and oxygen atoms in total. The fraction of sp³-hybridized carbons (Fsp3) is 0. The van der Waals surface area contributed by atoms with Gasteiger partial charge in [0.25, 0.3) is 11.8 Å². The van der Waals surface area contributed by atoms with Crippen LogP contribution in [0.5, 0.6) is 0 Å². The van der Waals surface area contributed by atoms with Crippen LogP contribution in [0.1, 0.15) is 19.3 Å². The molecule has 0 saturated carbocycles. The highest BCUT2D eigenvalue weighted by Gasteiger charge is 2.12. The van der Waals surface area contributed by atoms with Crippen LogP contribution >= 0.6 is 34.0 Å². The zero-order valence-electron chi connectivity index (χ0n) is 13.8. The highest BCUT2D eigenvalue weighted by molar-refractivity contribution is 7.14. The second-order valence-electron chi connectivity index (χ2n) is 5.48. The number of nitrogens with zero attached hydrogens (tertiary/aromatic N) is 1. The number of hydrogen-bond donors (Lipinski definition) is 2. The van der Waals surface area contributed by atoms with E-state index in [1.54, 1.807) is 12.1 Å². The van der Waals surface area contributed by atoms with Crippen molar-refractivity contribution in [3.05, 3.63) is 74.4 Å². The molecule has 0 aliphatic heterocycles. The fourth-order valence-electron chi connectivity index (χ4n) is 2.39. The molecule has 1 aromatic carbocycles. The van der Waals surface area contributed by atoms with Crippen molar-refractivity contribution in [3.8, 4) is 11.3 Å². The van der Waals surface area contributed by atoms with Gasteiger partial charge in [-0.3, -0.25) is 14.9 Å². The molecular weight excluding hydrogens is 398 g/mol. The number of aromatic nitrogens is 1. The number of carbonyl (C=O) groups is 2. The molecule has 0 fully saturated rings. The molecule has 0 radical (unpaired) electrons. The van der Waals surface area contributed by atoms with E-state index in [-0.39, 0.29) is 11.8 Å². The van der Waals surface area contributed by atoms with Gasteiger partial charge in [0.05, 0.1) is 15.4 Å². The van der Waals surface area contributed by atoms with Crippen molar-refractivity contribution >= 4 is 56.6 Å². The zero-order valence-corrected chi connectivity index (χ0v) is 16.3. The van der Waals surface area contributed by atoms with Crippen LogP contribution < -0.4 is 10.6 Å². The summed E-state index contributed by atoms with van der Waals surface area (Å²) in [6.07, 6.45) is 0. The lowest BCUT2D eigenvalue weighted by molar-refractivity contribution is 0.102. The number of rotatable bonds is 5. The number of thiazole rings is 1. The molecule has 0 spiro atoms. The summed E-state index contributed by atoms with van der Waals surface area (Å²) < 4.78 is 0. The quantitative estimate of drug-likeness (QED) is 0.459. The van der Waals surface area contributed by atoms with Crippen LogP contribution in [0.2, 0.25) is 0 Å². The SMILES string of the molecule is O=C(Nc1cccc(-c2csc(NC(=O)c3cccs3)n2)c1)c1cccs1. The van der Waals surface area contributed by atoms with E-state index in [1.165, 1.54) is 34.0 Å². The third-order valence-corrected chi connectivity index (χ3v) is 6.13. The number of anilines is 2. The van der Waals surface area contributed by atoms with Gasteiger partial charge in [-0.25, -0.2) is 4.98 Å². The molecule has 0 saturated heterocycles. The van der Waals surface area contributed by atoms with E-state index in [0.717, 1.165) is 11.3 Å². The van der Waals surface area contributed by atoms with Gasteiger partial charge in [0.1, 0.15) is 0 Å². The summed E-state index contributed by atoms with van der Waals surface area (Å²) in [6, 6.07) is 14.7. The summed E-state index contributed by atoms with van der Waals surface area (Å²) in [5.74, 6) is -0.299. The lowest BCUT2D eigenvalue weighted by Gasteiger charge is -2.05. The lowest BCUT2D eigenvalue weighted by Crippen LogP contribution is -2.10. The predicted octanol–water partition coefficient (Wildman–Crippen LogP) is 5.44. The molecule has 8 heteroatoms. The van der Waals surface area contributed by atoms with E-state index in [9.17, 15) is 9.59 Å². The number of amides is 2. The number of hydrogen-bond acceptors (Lipinski definition) is 6. The predicted molar refractivity (Wildman–Crippen MR) is 112 cm³/mol. The fourth-order valence-corrected chi connectivity index (χ4v) is 4.34. The number of carbonyl (C=O) groups excluding carboxylic acids is 2. The largest absolute Gasteiger partial charge is 0.321 e. The van der Waals surface area contributed by atoms with Gasteiger partial charge in [0, 0.05) is 16.6 Å². The van der Waals surface area contributed by atoms with Crippen LogP contribution in [0, 0.1) is 0 Å². The minimum absolute atomic E-state index is 0.135. The maximum absolute atomic E-state index is 12.2. The molecule has 2 amide bonds. The molecule has 0 aliphatic carbocycles. The normalized spacial score (nSPS) is 10.5. The van der Waals surface area contributed by atoms with E-state index >= 15 is 0 Å². The monoisotopic (exact) mass is 411 g/mol. The summed E-state index contributed by atoms with van der Waals surface area (Å²) in [7, 11) is 0. The van der Waals surface area contributed by atoms with Gasteiger partial charge in [0.15, 0.2) is 5.13 Å². The molecule has 27 heavy (non-hydrogen) atoms. The van der Waals surface area contributed by atoms with Crippen LogP contribution in [0.3, 0.4) is 0 Å². The summed E-state index contributed by atoms with van der Waals surface area (Å²) in [6.45, 7) is 0. The van der Waals surface area contributed by atoms with Gasteiger partial charge in [-0.15, -0.1) is 34.0 Å². The Hall–Kier alpha value is -2.81. The van der Waals surface area contributed by atoms with Gasteiger partial charge in [-0.1, -0.05) is 24.3 Å². The van der Waals surface area contributed by atoms with Crippen LogP contribution in [0.4, 0.5) is 10.8 Å². The Labute approximate surface area is 167 Å². The van der Waals surface area contributed by atoms with Crippen molar-refractivity contribution in [2.75, 3.05) is 10.6 Å². The van der Waals surface area contributed by atoms with E-state index in [1.807, 2.05) is 52.5 Å². The number of benzene rings is 1. The molecule has 0 bridgehead atoms. The molecule has 134 valence electrons. The summed E-state index contributed by atoms with van der Waals surface area (Å²) in [5.41, 5.74) is 2.31. The van der Waals surface area contributed by atoms with Crippen LogP contribution in [-0.4, -0.2) is 16.8 Å². The van der Waals surface area contributed by atoms with Crippen molar-refractivity contribution in [2.45, 2.75) is 0 Å². The second kappa shape index (κ2) is 7.83. The second-order valence-corrected chi connectivity index (χ2v) is 8.24. The average Bonchev–Trinajstić information content (AvgIpc) is 3.43. The van der Waals surface area contributed by atoms with Crippen molar-refractivity contribution in [2.24, 2.45) is 0 Å². The van der Waals surface area contributed by atoms with Gasteiger partial charge >= 0.3 is 0 Å². The van der Waals surface area contributed by atoms with Gasteiger partial charge in [-0.2, -0.15) is 0 Å². The highest BCUT2D eigenvalue weighted by Crippen LogP contribution is 2.27. The van der Waals surface area contributed by atoms with Crippen LogP contribution in [-0.2, 0) is 0 Å². The molecular formula is C19H13N3O2S3. The minimum atomic E-state index is -0.164. The first-order chi connectivity index (χ1) is 13.2. The third-order valence-electron chi connectivity index (χ3n) is 3.63. The van der Waals surface area contributed by atoms with Crippen molar-refractivity contribution in [1.82, 2.24) is 4.98 Å². The van der Waals surface area contributed by atoms with Crippen molar-refractivity contribution in [1.29, 1.82) is 0 Å². The van der Waals surface area contributed by atoms with Crippen molar-refractivity contribution < 1.29 is 9.59 Å². The summed E-state index contributed by atoms with van der Waals surface area (Å²) >= 11 is 4.15. The van der Waals surface area contributed by atoms with Crippen LogP contribution in [0.15, 0.2) is 64.7 Å². The first-order valence-corrected chi connectivity index (χ1v) is 10.6. The molecule has 4 aromatic rings. The van der Waals surface area contributed by atoms with Crippen molar-refractivity contribution in [3.63, 3.8) is 0 Å². The smallest absolute Gasteiger partial charge is 0.267 e. The van der Waals surface area contributed by atoms with E-state index < -0.39 is 0 Å². The van der Waals surface area contributed by atoms with E-state index in [0.29, 0.717) is 20.6 Å². The summed E-state index contributed by atoms with van der Waals surface area (Å²) in [4.78, 5) is 30.1. The maximum Gasteiger partial charge on any atom is 0.267 e. The third kappa shape index (κ3) is 4.13. The molecule has 3 heterocycles. The summed E-state index contributed by atoms with van der Waals surface area (Å²) in [5, 5.41) is 11.8. The number of nitrogens with one attached hydrogen (secondary N) is 2. The topological polar surface area (TPSA) is 71.1 Å².